The summed E-state index contributed by atoms with van der Waals surface area (Å²) in [5.41, 5.74) is 0.544. The van der Waals surface area contributed by atoms with E-state index in [-0.39, 0.29) is 0 Å². The van der Waals surface area contributed by atoms with Gasteiger partial charge in [-0.2, -0.15) is 0 Å². The smallest absolute Gasteiger partial charge is 0.0357 e. The lowest BCUT2D eigenvalue weighted by atomic mass is 9.76. The first-order valence-corrected chi connectivity index (χ1v) is 7.34. The summed E-state index contributed by atoms with van der Waals surface area (Å²) in [6, 6.07) is 0. The first-order valence-electron chi connectivity index (χ1n) is 7.34. The molecule has 0 heterocycles. The van der Waals surface area contributed by atoms with E-state index in [4.69, 9.17) is 0 Å². The standard InChI is InChI=1S/C16H34/c1-8-10-13(3)15(5)14(4)11-12-16(6,7)9-2/h13-15H,8-12H2,1-7H3. The summed E-state index contributed by atoms with van der Waals surface area (Å²) in [6.07, 6.45) is 6.81. The van der Waals surface area contributed by atoms with Gasteiger partial charge in [0.15, 0.2) is 0 Å². The topological polar surface area (TPSA) is 0 Å². The summed E-state index contributed by atoms with van der Waals surface area (Å²) in [7, 11) is 0. The zero-order valence-corrected chi connectivity index (χ0v) is 12.8. The van der Waals surface area contributed by atoms with Crippen LogP contribution in [0.5, 0.6) is 0 Å². The molecular formula is C16H34. The Morgan fingerprint density at radius 2 is 1.38 bits per heavy atom. The fourth-order valence-corrected chi connectivity index (χ4v) is 2.34. The van der Waals surface area contributed by atoms with Crippen molar-refractivity contribution in [3.05, 3.63) is 0 Å². The maximum absolute atomic E-state index is 2.45. The van der Waals surface area contributed by atoms with Crippen molar-refractivity contribution in [3.8, 4) is 0 Å². The Hall–Kier alpha value is 0. The molecule has 0 saturated heterocycles. The van der Waals surface area contributed by atoms with E-state index in [1.807, 2.05) is 0 Å². The highest BCUT2D eigenvalue weighted by Gasteiger charge is 2.21. The molecule has 0 fully saturated rings. The van der Waals surface area contributed by atoms with Gasteiger partial charge in [0.2, 0.25) is 0 Å². The largest absolute Gasteiger partial charge is 0.0654 e. The van der Waals surface area contributed by atoms with Crippen molar-refractivity contribution in [2.75, 3.05) is 0 Å². The molecule has 16 heavy (non-hydrogen) atoms. The number of hydrogen-bond acceptors (Lipinski definition) is 0. The van der Waals surface area contributed by atoms with Crippen molar-refractivity contribution >= 4 is 0 Å². The summed E-state index contributed by atoms with van der Waals surface area (Å²) < 4.78 is 0. The minimum absolute atomic E-state index is 0.544. The third-order valence-electron chi connectivity index (χ3n) is 4.77. The van der Waals surface area contributed by atoms with Gasteiger partial charge in [-0.05, 0) is 36.0 Å². The fraction of sp³-hybridized carbons (Fsp3) is 1.00. The molecule has 0 heteroatoms. The molecule has 0 bridgehead atoms. The molecule has 0 aliphatic rings. The van der Waals surface area contributed by atoms with E-state index in [2.05, 4.69) is 48.5 Å². The second-order valence-corrected chi connectivity index (χ2v) is 6.66. The molecule has 0 N–H and O–H groups in total. The molecule has 0 rings (SSSR count). The van der Waals surface area contributed by atoms with Crippen LogP contribution in [0, 0.1) is 23.2 Å². The highest BCUT2D eigenvalue weighted by atomic mass is 14.3. The highest BCUT2D eigenvalue weighted by molar-refractivity contribution is 4.72. The van der Waals surface area contributed by atoms with Gasteiger partial charge in [-0.25, -0.2) is 0 Å². The molecule has 0 aliphatic carbocycles. The molecule has 0 spiro atoms. The van der Waals surface area contributed by atoms with E-state index in [1.54, 1.807) is 0 Å². The van der Waals surface area contributed by atoms with Gasteiger partial charge in [0.1, 0.15) is 0 Å². The van der Waals surface area contributed by atoms with Crippen molar-refractivity contribution < 1.29 is 0 Å². The minimum Gasteiger partial charge on any atom is -0.0654 e. The third-order valence-corrected chi connectivity index (χ3v) is 4.77. The molecule has 0 aliphatic heterocycles. The lowest BCUT2D eigenvalue weighted by Crippen LogP contribution is -2.19. The molecule has 0 nitrogen and oxygen atoms in total. The number of rotatable bonds is 8. The van der Waals surface area contributed by atoms with E-state index in [0.717, 1.165) is 17.8 Å². The Morgan fingerprint density at radius 1 is 0.875 bits per heavy atom. The van der Waals surface area contributed by atoms with Crippen LogP contribution in [0.2, 0.25) is 0 Å². The third kappa shape index (κ3) is 5.92. The van der Waals surface area contributed by atoms with Crippen molar-refractivity contribution in [1.29, 1.82) is 0 Å². The van der Waals surface area contributed by atoms with Gasteiger partial charge in [-0.1, -0.05) is 67.7 Å². The quantitative estimate of drug-likeness (QED) is 0.482. The summed E-state index contributed by atoms with van der Waals surface area (Å²) in [5.74, 6) is 2.66. The molecule has 0 radical (unpaired) electrons. The van der Waals surface area contributed by atoms with Crippen LogP contribution in [0.1, 0.15) is 80.6 Å². The van der Waals surface area contributed by atoms with Gasteiger partial charge in [-0.3, -0.25) is 0 Å². The second kappa shape index (κ2) is 7.35. The SMILES string of the molecule is CCCC(C)C(C)C(C)CCC(C)(C)CC. The summed E-state index contributed by atoms with van der Waals surface area (Å²) >= 11 is 0. The van der Waals surface area contributed by atoms with Gasteiger partial charge in [0.05, 0.1) is 0 Å². The van der Waals surface area contributed by atoms with Crippen LogP contribution in [-0.2, 0) is 0 Å². The Kier molecular flexibility index (Phi) is 7.35. The van der Waals surface area contributed by atoms with Crippen molar-refractivity contribution in [2.45, 2.75) is 80.6 Å². The average molecular weight is 226 g/mol. The molecule has 0 aromatic heterocycles. The van der Waals surface area contributed by atoms with Crippen molar-refractivity contribution in [3.63, 3.8) is 0 Å². The van der Waals surface area contributed by atoms with Crippen LogP contribution in [0.25, 0.3) is 0 Å². The molecule has 0 aromatic carbocycles. The molecule has 98 valence electrons. The van der Waals surface area contributed by atoms with Crippen molar-refractivity contribution in [1.82, 2.24) is 0 Å². The lowest BCUT2D eigenvalue weighted by molar-refractivity contribution is 0.213. The van der Waals surface area contributed by atoms with Gasteiger partial charge >= 0.3 is 0 Å². The van der Waals surface area contributed by atoms with Crippen LogP contribution in [0.4, 0.5) is 0 Å². The Labute approximate surface area is 104 Å². The predicted octanol–water partition coefficient (Wildman–Crippen LogP) is 5.91. The zero-order chi connectivity index (χ0) is 12.8. The minimum atomic E-state index is 0.544. The fourth-order valence-electron chi connectivity index (χ4n) is 2.34. The molecule has 3 atom stereocenters. The van der Waals surface area contributed by atoms with Gasteiger partial charge in [0.25, 0.3) is 0 Å². The van der Waals surface area contributed by atoms with Crippen LogP contribution in [0.15, 0.2) is 0 Å². The van der Waals surface area contributed by atoms with E-state index < -0.39 is 0 Å². The Balaban J connectivity index is 4.00. The van der Waals surface area contributed by atoms with Crippen LogP contribution in [0.3, 0.4) is 0 Å². The molecule has 0 amide bonds. The Morgan fingerprint density at radius 3 is 1.81 bits per heavy atom. The zero-order valence-electron chi connectivity index (χ0n) is 12.8. The molecule has 0 aromatic rings. The summed E-state index contributed by atoms with van der Waals surface area (Å²) in [4.78, 5) is 0. The molecule has 0 saturated carbocycles. The molecule has 3 unspecified atom stereocenters. The highest BCUT2D eigenvalue weighted by Crippen LogP contribution is 2.33. The van der Waals surface area contributed by atoms with Crippen molar-refractivity contribution in [2.24, 2.45) is 23.2 Å². The Bertz CT molecular complexity index is 169. The maximum Gasteiger partial charge on any atom is -0.0357 e. The van der Waals surface area contributed by atoms with E-state index in [9.17, 15) is 0 Å². The van der Waals surface area contributed by atoms with E-state index >= 15 is 0 Å². The monoisotopic (exact) mass is 226 g/mol. The second-order valence-electron chi connectivity index (χ2n) is 6.66. The van der Waals surface area contributed by atoms with Gasteiger partial charge in [0, 0.05) is 0 Å². The summed E-state index contributed by atoms with van der Waals surface area (Å²) in [6.45, 7) is 16.7. The average Bonchev–Trinajstić information content (AvgIpc) is 2.25. The van der Waals surface area contributed by atoms with Crippen LogP contribution in [-0.4, -0.2) is 0 Å². The first-order chi connectivity index (χ1) is 7.34. The van der Waals surface area contributed by atoms with Gasteiger partial charge in [-0.15, -0.1) is 0 Å². The first kappa shape index (κ1) is 16.0. The predicted molar refractivity (Wildman–Crippen MR) is 75.7 cm³/mol. The molecular weight excluding hydrogens is 192 g/mol. The van der Waals surface area contributed by atoms with Gasteiger partial charge < -0.3 is 0 Å². The van der Waals surface area contributed by atoms with E-state index in [1.165, 1.54) is 32.1 Å². The number of hydrogen-bond donors (Lipinski definition) is 0. The summed E-state index contributed by atoms with van der Waals surface area (Å²) in [5, 5.41) is 0. The maximum atomic E-state index is 2.45. The van der Waals surface area contributed by atoms with Crippen LogP contribution < -0.4 is 0 Å². The van der Waals surface area contributed by atoms with E-state index in [0.29, 0.717) is 5.41 Å². The van der Waals surface area contributed by atoms with Crippen LogP contribution >= 0.6 is 0 Å². The lowest BCUT2D eigenvalue weighted by Gasteiger charge is -2.30. The normalized spacial score (nSPS) is 18.2.